The molecule has 3 aromatic rings. The average molecular weight is 426 g/mol. The largest absolute Gasteiger partial charge is 0.488 e. The van der Waals surface area contributed by atoms with E-state index in [9.17, 15) is 14.0 Å². The van der Waals surface area contributed by atoms with Gasteiger partial charge in [0.05, 0.1) is 11.9 Å². The van der Waals surface area contributed by atoms with E-state index in [0.717, 1.165) is 5.56 Å². The zero-order valence-corrected chi connectivity index (χ0v) is 16.4. The van der Waals surface area contributed by atoms with Gasteiger partial charge < -0.3 is 10.1 Å². The molecule has 3 aromatic carbocycles. The lowest BCUT2D eigenvalue weighted by molar-refractivity contribution is -0.136. The van der Waals surface area contributed by atoms with Crippen LogP contribution in [-0.2, 0) is 16.2 Å². The lowest BCUT2D eigenvalue weighted by Gasteiger charge is -2.10. The molecule has 30 heavy (non-hydrogen) atoms. The van der Waals surface area contributed by atoms with Crippen molar-refractivity contribution in [3.63, 3.8) is 0 Å². The summed E-state index contributed by atoms with van der Waals surface area (Å²) in [6.07, 6.45) is 1.34. The van der Waals surface area contributed by atoms with Crippen LogP contribution in [0.25, 0.3) is 0 Å². The molecule has 2 amide bonds. The number of hydrazone groups is 1. The molecule has 0 saturated carbocycles. The fraction of sp³-hybridized carbons (Fsp3) is 0.0455. The zero-order valence-electron chi connectivity index (χ0n) is 15.6. The molecule has 6 nitrogen and oxygen atoms in total. The van der Waals surface area contributed by atoms with Crippen molar-refractivity contribution in [3.05, 3.63) is 94.8 Å². The fourth-order valence-electron chi connectivity index (χ4n) is 2.44. The van der Waals surface area contributed by atoms with Crippen molar-refractivity contribution < 1.29 is 18.7 Å². The van der Waals surface area contributed by atoms with Crippen LogP contribution >= 0.6 is 11.6 Å². The van der Waals surface area contributed by atoms with Crippen molar-refractivity contribution in [1.82, 2.24) is 5.43 Å². The number of nitrogens with one attached hydrogen (secondary N) is 2. The molecule has 0 bridgehead atoms. The van der Waals surface area contributed by atoms with Crippen molar-refractivity contribution in [2.75, 3.05) is 5.32 Å². The molecule has 0 unspecified atom stereocenters. The lowest BCUT2D eigenvalue weighted by atomic mass is 10.2. The third kappa shape index (κ3) is 5.65. The Hall–Kier alpha value is -3.71. The number of carbonyl (C=O) groups is 2. The lowest BCUT2D eigenvalue weighted by Crippen LogP contribution is -2.32. The van der Waals surface area contributed by atoms with Crippen molar-refractivity contribution in [1.29, 1.82) is 0 Å². The molecule has 0 heterocycles. The molecule has 0 spiro atoms. The summed E-state index contributed by atoms with van der Waals surface area (Å²) < 4.78 is 19.3. The second kappa shape index (κ2) is 10.2. The number of rotatable bonds is 6. The Balaban J connectivity index is 1.59. The van der Waals surface area contributed by atoms with Crippen LogP contribution < -0.4 is 15.5 Å². The molecule has 152 valence electrons. The van der Waals surface area contributed by atoms with E-state index in [2.05, 4.69) is 15.8 Å². The molecule has 0 fully saturated rings. The predicted octanol–water partition coefficient (Wildman–Crippen LogP) is 4.15. The van der Waals surface area contributed by atoms with Gasteiger partial charge in [0.25, 0.3) is 0 Å². The maximum Gasteiger partial charge on any atom is 0.329 e. The highest BCUT2D eigenvalue weighted by Gasteiger charge is 2.14. The van der Waals surface area contributed by atoms with Crippen molar-refractivity contribution in [3.8, 4) is 5.75 Å². The molecule has 0 aliphatic heterocycles. The SMILES string of the molecule is O=C(N/N=C/c1ccccc1OCc1ccccc1Cl)C(=O)Nc1ccccc1F. The Morgan fingerprint density at radius 2 is 1.67 bits per heavy atom. The number of hydrogen-bond donors (Lipinski definition) is 2. The van der Waals surface area contributed by atoms with Crippen LogP contribution in [0.15, 0.2) is 77.9 Å². The van der Waals surface area contributed by atoms with Gasteiger partial charge in [-0.3, -0.25) is 9.59 Å². The summed E-state index contributed by atoms with van der Waals surface area (Å²) in [6.45, 7) is 0.252. The van der Waals surface area contributed by atoms with E-state index in [0.29, 0.717) is 16.3 Å². The van der Waals surface area contributed by atoms with Gasteiger partial charge >= 0.3 is 11.8 Å². The van der Waals surface area contributed by atoms with Gasteiger partial charge in [-0.25, -0.2) is 9.82 Å². The number of halogens is 2. The smallest absolute Gasteiger partial charge is 0.329 e. The van der Waals surface area contributed by atoms with Crippen molar-refractivity contribution >= 4 is 35.3 Å². The van der Waals surface area contributed by atoms with Gasteiger partial charge in [-0.05, 0) is 30.3 Å². The zero-order chi connectivity index (χ0) is 21.3. The van der Waals surface area contributed by atoms with E-state index in [1.54, 1.807) is 30.3 Å². The number of amides is 2. The number of hydrogen-bond acceptors (Lipinski definition) is 4. The average Bonchev–Trinajstić information content (AvgIpc) is 2.75. The number of anilines is 1. The second-order valence-electron chi connectivity index (χ2n) is 6.05. The van der Waals surface area contributed by atoms with Gasteiger partial charge in [-0.15, -0.1) is 0 Å². The summed E-state index contributed by atoms with van der Waals surface area (Å²) in [6, 6.07) is 19.9. The van der Waals surface area contributed by atoms with E-state index in [4.69, 9.17) is 16.3 Å². The maximum atomic E-state index is 13.6. The van der Waals surface area contributed by atoms with Gasteiger partial charge in [0.15, 0.2) is 0 Å². The Morgan fingerprint density at radius 1 is 0.967 bits per heavy atom. The number of benzene rings is 3. The number of nitrogens with zero attached hydrogens (tertiary/aromatic N) is 1. The summed E-state index contributed by atoms with van der Waals surface area (Å²) >= 11 is 6.13. The predicted molar refractivity (Wildman–Crippen MR) is 113 cm³/mol. The maximum absolute atomic E-state index is 13.6. The molecule has 0 aliphatic carbocycles. The summed E-state index contributed by atoms with van der Waals surface area (Å²) in [5, 5.41) is 6.55. The summed E-state index contributed by atoms with van der Waals surface area (Å²) in [5.41, 5.74) is 3.41. The minimum Gasteiger partial charge on any atom is -0.488 e. The van der Waals surface area contributed by atoms with Crippen molar-refractivity contribution in [2.24, 2.45) is 5.10 Å². The van der Waals surface area contributed by atoms with E-state index >= 15 is 0 Å². The normalized spacial score (nSPS) is 10.6. The molecule has 2 N–H and O–H groups in total. The first-order chi connectivity index (χ1) is 14.5. The molecule has 8 heteroatoms. The van der Waals surface area contributed by atoms with Gasteiger partial charge in [0.1, 0.15) is 18.2 Å². The van der Waals surface area contributed by atoms with Crippen LogP contribution in [0.2, 0.25) is 5.02 Å². The van der Waals surface area contributed by atoms with Crippen LogP contribution in [0.5, 0.6) is 5.75 Å². The van der Waals surface area contributed by atoms with E-state index < -0.39 is 17.6 Å². The summed E-state index contributed by atoms with van der Waals surface area (Å²) in [7, 11) is 0. The van der Waals surface area contributed by atoms with E-state index in [1.807, 2.05) is 18.2 Å². The fourth-order valence-corrected chi connectivity index (χ4v) is 2.63. The van der Waals surface area contributed by atoms with Gasteiger partial charge in [-0.2, -0.15) is 5.10 Å². The molecule has 0 atom stereocenters. The van der Waals surface area contributed by atoms with Crippen LogP contribution in [-0.4, -0.2) is 18.0 Å². The number of ether oxygens (including phenoxy) is 1. The highest BCUT2D eigenvalue weighted by Crippen LogP contribution is 2.21. The van der Waals surface area contributed by atoms with Crippen molar-refractivity contribution in [2.45, 2.75) is 6.61 Å². The Morgan fingerprint density at radius 3 is 2.47 bits per heavy atom. The van der Waals surface area contributed by atoms with Crippen LogP contribution in [0.1, 0.15) is 11.1 Å². The first-order valence-electron chi connectivity index (χ1n) is 8.89. The number of para-hydroxylation sites is 2. The first kappa shape index (κ1) is 21.0. The third-order valence-corrected chi connectivity index (χ3v) is 4.33. The van der Waals surface area contributed by atoms with Gasteiger partial charge in [0.2, 0.25) is 0 Å². The van der Waals surface area contributed by atoms with Crippen LogP contribution in [0.3, 0.4) is 0 Å². The standard InChI is InChI=1S/C22H17ClFN3O3/c23-17-9-3-1-8-16(17)14-30-20-12-6-2-7-15(20)13-25-27-22(29)21(28)26-19-11-5-4-10-18(19)24/h1-13H,14H2,(H,26,28)(H,27,29)/b25-13+. The van der Waals surface area contributed by atoms with Crippen LogP contribution in [0, 0.1) is 5.82 Å². The van der Waals surface area contributed by atoms with Crippen LogP contribution in [0.4, 0.5) is 10.1 Å². The monoisotopic (exact) mass is 425 g/mol. The topological polar surface area (TPSA) is 79.8 Å². The molecule has 0 radical (unpaired) electrons. The highest BCUT2D eigenvalue weighted by molar-refractivity contribution is 6.39. The minimum atomic E-state index is -1.04. The first-order valence-corrected chi connectivity index (χ1v) is 9.26. The Labute approximate surface area is 177 Å². The van der Waals surface area contributed by atoms with E-state index in [1.165, 1.54) is 30.5 Å². The summed E-state index contributed by atoms with van der Waals surface area (Å²) in [4.78, 5) is 23.7. The van der Waals surface area contributed by atoms with E-state index in [-0.39, 0.29) is 12.3 Å². The molecule has 0 aliphatic rings. The molecular formula is C22H17ClFN3O3. The second-order valence-corrected chi connectivity index (χ2v) is 6.46. The quantitative estimate of drug-likeness (QED) is 0.354. The third-order valence-electron chi connectivity index (χ3n) is 3.96. The van der Waals surface area contributed by atoms with Gasteiger partial charge in [0, 0.05) is 16.1 Å². The Bertz CT molecular complexity index is 1090. The highest BCUT2D eigenvalue weighted by atomic mass is 35.5. The summed E-state index contributed by atoms with van der Waals surface area (Å²) in [5.74, 6) is -2.21. The molecule has 0 saturated heterocycles. The molecule has 3 rings (SSSR count). The van der Waals surface area contributed by atoms with Gasteiger partial charge in [-0.1, -0.05) is 54.1 Å². The molecule has 0 aromatic heterocycles. The number of carbonyl (C=O) groups excluding carboxylic acids is 2. The molecular weight excluding hydrogens is 409 g/mol. The Kier molecular flexibility index (Phi) is 7.13. The minimum absolute atomic E-state index is 0.0973.